The number of nitrogens with zero attached hydrogens (tertiary/aromatic N) is 4. The molecule has 3 rings (SSSR count). The fourth-order valence-electron chi connectivity index (χ4n) is 2.80. The van der Waals surface area contributed by atoms with Crippen LogP contribution in [0.2, 0.25) is 0 Å². The van der Waals surface area contributed by atoms with E-state index in [1.54, 1.807) is 10.9 Å². The van der Waals surface area contributed by atoms with E-state index in [0.29, 0.717) is 17.5 Å². The van der Waals surface area contributed by atoms with Crippen molar-refractivity contribution in [1.29, 1.82) is 0 Å². The highest BCUT2D eigenvalue weighted by atomic mass is 16.1. The number of carbonyl (C=O) groups excluding carboxylic acids is 1. The number of aryl methyl sites for hydroxylation is 2. The Morgan fingerprint density at radius 1 is 1.43 bits per heavy atom. The molecule has 1 unspecified atom stereocenters. The van der Waals surface area contributed by atoms with Crippen LogP contribution in [0.4, 0.5) is 5.82 Å². The summed E-state index contributed by atoms with van der Waals surface area (Å²) in [5, 5.41) is 11.6. The van der Waals surface area contributed by atoms with E-state index in [1.807, 2.05) is 31.6 Å². The van der Waals surface area contributed by atoms with Crippen LogP contribution in [-0.2, 0) is 7.05 Å². The van der Waals surface area contributed by atoms with E-state index in [-0.39, 0.29) is 5.91 Å². The van der Waals surface area contributed by atoms with Crippen LogP contribution < -0.4 is 5.32 Å². The molecule has 6 nitrogen and oxygen atoms in total. The Morgan fingerprint density at radius 3 is 2.71 bits per heavy atom. The molecule has 1 aliphatic carbocycles. The second-order valence-electron chi connectivity index (χ2n) is 5.86. The molecular weight excluding hydrogens is 266 g/mol. The molecule has 0 aliphatic heterocycles. The van der Waals surface area contributed by atoms with Crippen LogP contribution in [0.1, 0.15) is 47.6 Å². The van der Waals surface area contributed by atoms with Crippen LogP contribution in [0.25, 0.3) is 0 Å². The number of nitrogens with one attached hydrogen (secondary N) is 1. The highest BCUT2D eigenvalue weighted by Gasteiger charge is 2.31. The molecule has 2 aromatic rings. The molecule has 1 N–H and O–H groups in total. The summed E-state index contributed by atoms with van der Waals surface area (Å²) < 4.78 is 3.64. The standard InChI is InChI=1S/C15H21N5O/c1-9-14(11(3)19(4)18-9)15(21)17-13-7-8-16-20(13)10(2)12-5-6-12/h7-8,10,12H,5-6H2,1-4H3,(H,17,21). The van der Waals surface area contributed by atoms with E-state index in [2.05, 4.69) is 22.4 Å². The van der Waals surface area contributed by atoms with Gasteiger partial charge in [-0.15, -0.1) is 0 Å². The van der Waals surface area contributed by atoms with Crippen molar-refractivity contribution in [1.82, 2.24) is 19.6 Å². The third-order valence-electron chi connectivity index (χ3n) is 4.34. The van der Waals surface area contributed by atoms with Crippen molar-refractivity contribution in [3.63, 3.8) is 0 Å². The molecule has 1 amide bonds. The molecule has 2 heterocycles. The molecule has 1 saturated carbocycles. The van der Waals surface area contributed by atoms with Crippen molar-refractivity contribution in [2.24, 2.45) is 13.0 Å². The molecule has 2 aromatic heterocycles. The number of amides is 1. The highest BCUT2D eigenvalue weighted by Crippen LogP contribution is 2.40. The van der Waals surface area contributed by atoms with Crippen molar-refractivity contribution >= 4 is 11.7 Å². The lowest BCUT2D eigenvalue weighted by Crippen LogP contribution is -2.19. The zero-order valence-corrected chi connectivity index (χ0v) is 12.9. The SMILES string of the molecule is Cc1nn(C)c(C)c1C(=O)Nc1ccnn1C(C)C1CC1. The molecule has 6 heteroatoms. The monoisotopic (exact) mass is 287 g/mol. The van der Waals surface area contributed by atoms with E-state index < -0.39 is 0 Å². The number of anilines is 1. The van der Waals surface area contributed by atoms with Gasteiger partial charge in [-0.05, 0) is 39.5 Å². The van der Waals surface area contributed by atoms with Gasteiger partial charge in [-0.25, -0.2) is 4.68 Å². The second-order valence-corrected chi connectivity index (χ2v) is 5.86. The normalized spacial score (nSPS) is 16.0. The largest absolute Gasteiger partial charge is 0.307 e. The molecule has 0 saturated heterocycles. The van der Waals surface area contributed by atoms with E-state index in [4.69, 9.17) is 0 Å². The summed E-state index contributed by atoms with van der Waals surface area (Å²) in [6, 6.07) is 2.17. The van der Waals surface area contributed by atoms with Gasteiger partial charge in [0.2, 0.25) is 0 Å². The smallest absolute Gasteiger partial charge is 0.260 e. The molecule has 21 heavy (non-hydrogen) atoms. The molecule has 0 bridgehead atoms. The molecule has 1 atom stereocenters. The summed E-state index contributed by atoms with van der Waals surface area (Å²) in [5.41, 5.74) is 2.25. The van der Waals surface area contributed by atoms with Crippen LogP contribution in [0, 0.1) is 19.8 Å². The lowest BCUT2D eigenvalue weighted by molar-refractivity contribution is 0.102. The van der Waals surface area contributed by atoms with Crippen LogP contribution in [0.15, 0.2) is 12.3 Å². The van der Waals surface area contributed by atoms with E-state index in [9.17, 15) is 4.79 Å². The van der Waals surface area contributed by atoms with E-state index in [1.165, 1.54) is 12.8 Å². The predicted molar refractivity (Wildman–Crippen MR) is 80.3 cm³/mol. The Labute approximate surface area is 124 Å². The lowest BCUT2D eigenvalue weighted by atomic mass is 10.2. The van der Waals surface area contributed by atoms with Gasteiger partial charge in [-0.1, -0.05) is 0 Å². The first-order valence-electron chi connectivity index (χ1n) is 7.34. The van der Waals surface area contributed by atoms with Gasteiger partial charge in [0.25, 0.3) is 5.91 Å². The fourth-order valence-corrected chi connectivity index (χ4v) is 2.80. The van der Waals surface area contributed by atoms with Gasteiger partial charge in [0.05, 0.1) is 23.5 Å². The molecular formula is C15H21N5O. The summed E-state index contributed by atoms with van der Waals surface area (Å²) >= 11 is 0. The molecule has 1 fully saturated rings. The number of carbonyl (C=O) groups is 1. The topological polar surface area (TPSA) is 64.7 Å². The Morgan fingerprint density at radius 2 is 2.14 bits per heavy atom. The number of hydrogen-bond donors (Lipinski definition) is 1. The maximum absolute atomic E-state index is 12.5. The minimum Gasteiger partial charge on any atom is -0.307 e. The van der Waals surface area contributed by atoms with E-state index in [0.717, 1.165) is 17.2 Å². The van der Waals surface area contributed by atoms with Gasteiger partial charge < -0.3 is 5.32 Å². The Balaban J connectivity index is 1.83. The van der Waals surface area contributed by atoms with Crippen molar-refractivity contribution in [3.8, 4) is 0 Å². The second kappa shape index (κ2) is 5.02. The maximum atomic E-state index is 12.5. The summed E-state index contributed by atoms with van der Waals surface area (Å²) in [6.07, 6.45) is 4.22. The quantitative estimate of drug-likeness (QED) is 0.939. The van der Waals surface area contributed by atoms with Crippen LogP contribution >= 0.6 is 0 Å². The zero-order valence-electron chi connectivity index (χ0n) is 12.9. The summed E-state index contributed by atoms with van der Waals surface area (Å²) in [7, 11) is 1.85. The van der Waals surface area contributed by atoms with Crippen molar-refractivity contribution < 1.29 is 4.79 Å². The van der Waals surface area contributed by atoms with Crippen molar-refractivity contribution in [2.75, 3.05) is 5.32 Å². The summed E-state index contributed by atoms with van der Waals surface area (Å²) in [5.74, 6) is 1.31. The fraction of sp³-hybridized carbons (Fsp3) is 0.533. The van der Waals surface area contributed by atoms with Crippen LogP contribution in [-0.4, -0.2) is 25.5 Å². The van der Waals surface area contributed by atoms with Crippen molar-refractivity contribution in [3.05, 3.63) is 29.2 Å². The van der Waals surface area contributed by atoms with Crippen molar-refractivity contribution in [2.45, 2.75) is 39.7 Å². The Bertz CT molecular complexity index is 680. The number of rotatable bonds is 4. The third-order valence-corrected chi connectivity index (χ3v) is 4.34. The third kappa shape index (κ3) is 2.46. The van der Waals surface area contributed by atoms with Crippen LogP contribution in [0.3, 0.4) is 0 Å². The highest BCUT2D eigenvalue weighted by molar-refractivity contribution is 6.05. The van der Waals surface area contributed by atoms with Gasteiger partial charge >= 0.3 is 0 Å². The van der Waals surface area contributed by atoms with Gasteiger partial charge in [0, 0.05) is 18.8 Å². The lowest BCUT2D eigenvalue weighted by Gasteiger charge is -2.15. The number of hydrogen-bond acceptors (Lipinski definition) is 3. The van der Waals surface area contributed by atoms with Crippen LogP contribution in [0.5, 0.6) is 0 Å². The number of aromatic nitrogens is 4. The van der Waals surface area contributed by atoms with Gasteiger partial charge in [-0.3, -0.25) is 9.48 Å². The average Bonchev–Trinajstić information content (AvgIpc) is 3.12. The molecule has 112 valence electrons. The Hall–Kier alpha value is -2.11. The first-order chi connectivity index (χ1) is 9.99. The maximum Gasteiger partial charge on any atom is 0.260 e. The van der Waals surface area contributed by atoms with Gasteiger partial charge in [0.1, 0.15) is 5.82 Å². The minimum atomic E-state index is -0.122. The Kier molecular flexibility index (Phi) is 3.31. The molecule has 0 aromatic carbocycles. The molecule has 0 spiro atoms. The van der Waals surface area contributed by atoms with E-state index >= 15 is 0 Å². The summed E-state index contributed by atoms with van der Waals surface area (Å²) in [4.78, 5) is 12.5. The predicted octanol–water partition coefficient (Wildman–Crippen LogP) is 2.46. The van der Waals surface area contributed by atoms with Gasteiger partial charge in [0.15, 0.2) is 0 Å². The first-order valence-corrected chi connectivity index (χ1v) is 7.34. The minimum absolute atomic E-state index is 0.122. The summed E-state index contributed by atoms with van der Waals surface area (Å²) in [6.45, 7) is 5.91. The molecule has 1 aliphatic rings. The first kappa shape index (κ1) is 13.9. The molecule has 0 radical (unpaired) electrons. The average molecular weight is 287 g/mol. The zero-order chi connectivity index (χ0) is 15.1. The van der Waals surface area contributed by atoms with Gasteiger partial charge in [-0.2, -0.15) is 10.2 Å².